The van der Waals surface area contributed by atoms with E-state index in [1.54, 1.807) is 49.4 Å². The Balaban J connectivity index is 1.53. The number of aryl methyl sites for hydroxylation is 2. The molecule has 3 aromatic carbocycles. The van der Waals surface area contributed by atoms with Crippen LogP contribution in [0.15, 0.2) is 66.2 Å². The third kappa shape index (κ3) is 4.98. The van der Waals surface area contributed by atoms with Crippen molar-refractivity contribution >= 4 is 52.8 Å². The number of imide groups is 2. The van der Waals surface area contributed by atoms with Gasteiger partial charge in [0, 0.05) is 0 Å². The van der Waals surface area contributed by atoms with Crippen LogP contribution in [0.1, 0.15) is 22.3 Å². The van der Waals surface area contributed by atoms with E-state index in [9.17, 15) is 14.4 Å². The minimum atomic E-state index is -0.771. The zero-order valence-corrected chi connectivity index (χ0v) is 19.9. The summed E-state index contributed by atoms with van der Waals surface area (Å²) in [4.78, 5) is 39.0. The number of hydrogen-bond acceptors (Lipinski definition) is 4. The van der Waals surface area contributed by atoms with E-state index >= 15 is 0 Å². The van der Waals surface area contributed by atoms with Crippen LogP contribution < -0.4 is 15.0 Å². The smallest absolute Gasteiger partial charge is 0.335 e. The third-order valence-corrected chi connectivity index (χ3v) is 6.03. The van der Waals surface area contributed by atoms with Gasteiger partial charge in [-0.3, -0.25) is 14.9 Å². The van der Waals surface area contributed by atoms with Crippen LogP contribution in [0.2, 0.25) is 10.0 Å². The summed E-state index contributed by atoms with van der Waals surface area (Å²) in [5.41, 5.74) is 3.40. The topological polar surface area (TPSA) is 75.7 Å². The first kappa shape index (κ1) is 23.5. The van der Waals surface area contributed by atoms with Gasteiger partial charge in [-0.1, -0.05) is 53.5 Å². The molecule has 8 heteroatoms. The van der Waals surface area contributed by atoms with Crippen molar-refractivity contribution in [1.82, 2.24) is 5.32 Å². The minimum Gasteiger partial charge on any atom is -0.489 e. The van der Waals surface area contributed by atoms with Gasteiger partial charge in [0.05, 0.1) is 15.7 Å². The molecule has 1 heterocycles. The minimum absolute atomic E-state index is 0.134. The maximum absolute atomic E-state index is 13.1. The van der Waals surface area contributed by atoms with Gasteiger partial charge in [-0.2, -0.15) is 0 Å². The summed E-state index contributed by atoms with van der Waals surface area (Å²) in [5, 5.41) is 3.17. The van der Waals surface area contributed by atoms with Gasteiger partial charge < -0.3 is 4.74 Å². The number of ether oxygens (including phenoxy) is 1. The first-order valence-electron chi connectivity index (χ1n) is 10.4. The summed E-state index contributed by atoms with van der Waals surface area (Å²) >= 11 is 12.0. The largest absolute Gasteiger partial charge is 0.489 e. The number of nitrogens with zero attached hydrogens (tertiary/aromatic N) is 1. The Kier molecular flexibility index (Phi) is 6.72. The SMILES string of the molecule is Cc1ccc(C)c(N2C(=O)NC(=O)/C(=C\c3ccc(OCc4ccc(Cl)c(Cl)c4)cc3)C2=O)c1. The van der Waals surface area contributed by atoms with Crippen LogP contribution in [0, 0.1) is 13.8 Å². The van der Waals surface area contributed by atoms with Gasteiger partial charge in [0.15, 0.2) is 0 Å². The number of halogens is 2. The van der Waals surface area contributed by atoms with Crippen LogP contribution in [0.25, 0.3) is 6.08 Å². The van der Waals surface area contributed by atoms with Crippen molar-refractivity contribution < 1.29 is 19.1 Å². The molecule has 1 aliphatic rings. The van der Waals surface area contributed by atoms with Gasteiger partial charge in [0.25, 0.3) is 11.8 Å². The lowest BCUT2D eigenvalue weighted by Crippen LogP contribution is -2.54. The van der Waals surface area contributed by atoms with E-state index in [-0.39, 0.29) is 5.57 Å². The van der Waals surface area contributed by atoms with Crippen LogP contribution in [0.4, 0.5) is 10.5 Å². The quantitative estimate of drug-likeness (QED) is 0.356. The number of anilines is 1. The Morgan fingerprint density at radius 3 is 2.35 bits per heavy atom. The molecule has 0 bridgehead atoms. The highest BCUT2D eigenvalue weighted by molar-refractivity contribution is 6.42. The van der Waals surface area contributed by atoms with E-state index in [0.717, 1.165) is 21.6 Å². The molecule has 1 N–H and O–H groups in total. The van der Waals surface area contributed by atoms with E-state index < -0.39 is 17.8 Å². The normalized spacial score (nSPS) is 15.0. The highest BCUT2D eigenvalue weighted by Crippen LogP contribution is 2.27. The molecule has 0 unspecified atom stereocenters. The van der Waals surface area contributed by atoms with E-state index in [0.29, 0.717) is 33.7 Å². The summed E-state index contributed by atoms with van der Waals surface area (Å²) in [5.74, 6) is -0.821. The molecule has 4 rings (SSSR count). The number of carbonyl (C=O) groups excluding carboxylic acids is 3. The summed E-state index contributed by atoms with van der Waals surface area (Å²) < 4.78 is 5.77. The molecule has 1 fully saturated rings. The molecule has 0 spiro atoms. The highest BCUT2D eigenvalue weighted by Gasteiger charge is 2.37. The van der Waals surface area contributed by atoms with Crippen LogP contribution in [0.5, 0.6) is 5.75 Å². The highest BCUT2D eigenvalue weighted by atomic mass is 35.5. The van der Waals surface area contributed by atoms with Crippen molar-refractivity contribution in [2.45, 2.75) is 20.5 Å². The average Bonchev–Trinajstić information content (AvgIpc) is 2.80. The van der Waals surface area contributed by atoms with Crippen molar-refractivity contribution in [3.63, 3.8) is 0 Å². The lowest BCUT2D eigenvalue weighted by Gasteiger charge is -2.27. The average molecular weight is 495 g/mol. The first-order chi connectivity index (χ1) is 16.2. The molecule has 0 atom stereocenters. The number of nitrogens with one attached hydrogen (secondary N) is 1. The number of carbonyl (C=O) groups is 3. The molecular formula is C26H20Cl2N2O4. The molecule has 6 nitrogen and oxygen atoms in total. The zero-order valence-electron chi connectivity index (χ0n) is 18.4. The lowest BCUT2D eigenvalue weighted by atomic mass is 10.0. The molecular weight excluding hydrogens is 475 g/mol. The maximum Gasteiger partial charge on any atom is 0.335 e. The second-order valence-corrected chi connectivity index (χ2v) is 8.67. The van der Waals surface area contributed by atoms with E-state index in [1.807, 2.05) is 25.1 Å². The monoisotopic (exact) mass is 494 g/mol. The molecule has 1 saturated heterocycles. The van der Waals surface area contributed by atoms with Gasteiger partial charge in [-0.05, 0) is 72.5 Å². The van der Waals surface area contributed by atoms with E-state index in [2.05, 4.69) is 5.32 Å². The Labute approximate surface area is 206 Å². The van der Waals surface area contributed by atoms with Gasteiger partial charge >= 0.3 is 6.03 Å². The predicted octanol–water partition coefficient (Wildman–Crippen LogP) is 5.86. The van der Waals surface area contributed by atoms with Crippen molar-refractivity contribution in [2.24, 2.45) is 0 Å². The lowest BCUT2D eigenvalue weighted by molar-refractivity contribution is -0.122. The number of rotatable bonds is 5. The Morgan fingerprint density at radius 2 is 1.65 bits per heavy atom. The fourth-order valence-corrected chi connectivity index (χ4v) is 3.78. The maximum atomic E-state index is 13.1. The van der Waals surface area contributed by atoms with Crippen LogP contribution in [-0.2, 0) is 16.2 Å². The summed E-state index contributed by atoms with van der Waals surface area (Å²) in [6, 6.07) is 16.8. The number of hydrogen-bond donors (Lipinski definition) is 1. The number of benzene rings is 3. The summed E-state index contributed by atoms with van der Waals surface area (Å²) in [7, 11) is 0. The van der Waals surface area contributed by atoms with Crippen LogP contribution in [-0.4, -0.2) is 17.8 Å². The molecule has 0 saturated carbocycles. The second-order valence-electron chi connectivity index (χ2n) is 7.85. The van der Waals surface area contributed by atoms with Crippen molar-refractivity contribution in [2.75, 3.05) is 4.90 Å². The summed E-state index contributed by atoms with van der Waals surface area (Å²) in [6.07, 6.45) is 1.45. The summed E-state index contributed by atoms with van der Waals surface area (Å²) in [6.45, 7) is 3.96. The molecule has 172 valence electrons. The van der Waals surface area contributed by atoms with E-state index in [1.165, 1.54) is 6.08 Å². The van der Waals surface area contributed by atoms with Crippen molar-refractivity contribution in [3.05, 3.63) is 98.5 Å². The standard InChI is InChI=1S/C26H20Cl2N2O4/c1-15-3-4-16(2)23(11-15)30-25(32)20(24(31)29-26(30)33)12-17-5-8-19(9-6-17)34-14-18-7-10-21(27)22(28)13-18/h3-13H,14H2,1-2H3,(H,29,31,33)/b20-12+. The zero-order chi connectivity index (χ0) is 24.4. The molecule has 0 aliphatic carbocycles. The van der Waals surface area contributed by atoms with E-state index in [4.69, 9.17) is 27.9 Å². The Morgan fingerprint density at radius 1 is 0.912 bits per heavy atom. The molecule has 3 aromatic rings. The van der Waals surface area contributed by atoms with Gasteiger partial charge in [-0.15, -0.1) is 0 Å². The number of amides is 4. The number of barbiturate groups is 1. The molecule has 1 aliphatic heterocycles. The van der Waals surface area contributed by atoms with Crippen molar-refractivity contribution in [3.8, 4) is 5.75 Å². The molecule has 0 radical (unpaired) electrons. The second kappa shape index (κ2) is 9.71. The fraction of sp³-hybridized carbons (Fsp3) is 0.115. The Hall–Kier alpha value is -3.61. The van der Waals surface area contributed by atoms with Gasteiger partial charge in [0.1, 0.15) is 17.9 Å². The van der Waals surface area contributed by atoms with Gasteiger partial charge in [-0.25, -0.2) is 9.69 Å². The predicted molar refractivity (Wildman–Crippen MR) is 132 cm³/mol. The first-order valence-corrected chi connectivity index (χ1v) is 11.1. The third-order valence-electron chi connectivity index (χ3n) is 5.29. The molecule has 0 aromatic heterocycles. The van der Waals surface area contributed by atoms with Crippen LogP contribution >= 0.6 is 23.2 Å². The van der Waals surface area contributed by atoms with Crippen molar-refractivity contribution in [1.29, 1.82) is 0 Å². The number of urea groups is 1. The van der Waals surface area contributed by atoms with Gasteiger partial charge in [0.2, 0.25) is 0 Å². The van der Waals surface area contributed by atoms with Crippen LogP contribution in [0.3, 0.4) is 0 Å². The molecule has 4 amide bonds. The fourth-order valence-electron chi connectivity index (χ4n) is 3.46. The molecule has 34 heavy (non-hydrogen) atoms. The Bertz CT molecular complexity index is 1330.